The van der Waals surface area contributed by atoms with Crippen molar-refractivity contribution < 1.29 is 23.9 Å². The van der Waals surface area contributed by atoms with E-state index in [0.29, 0.717) is 0 Å². The zero-order valence-corrected chi connectivity index (χ0v) is 17.4. The molecule has 0 N–H and O–H groups in total. The molecule has 2 aromatic rings. The molecule has 0 aliphatic carbocycles. The zero-order chi connectivity index (χ0) is 20.4. The third-order valence-corrected chi connectivity index (χ3v) is 4.98. The summed E-state index contributed by atoms with van der Waals surface area (Å²) in [5.41, 5.74) is 2.14. The molecule has 1 aliphatic rings. The Bertz CT molecular complexity index is 956. The van der Waals surface area contributed by atoms with E-state index in [0.717, 1.165) is 28.6 Å². The fourth-order valence-corrected chi connectivity index (χ4v) is 3.72. The number of hydrogen-bond donors (Lipinski definition) is 0. The minimum Gasteiger partial charge on any atom is -0.427 e. The molecule has 0 radical (unpaired) electrons. The largest absolute Gasteiger partial charge is 0.427 e. The minimum absolute atomic E-state index is 0.0144. The Morgan fingerprint density at radius 1 is 1.04 bits per heavy atom. The van der Waals surface area contributed by atoms with Crippen LogP contribution in [0.1, 0.15) is 43.1 Å². The highest BCUT2D eigenvalue weighted by atomic mass is 79.9. The van der Waals surface area contributed by atoms with E-state index in [1.807, 2.05) is 25.1 Å². The van der Waals surface area contributed by atoms with E-state index in [9.17, 15) is 14.4 Å². The highest BCUT2D eigenvalue weighted by Crippen LogP contribution is 2.36. The Kier molecular flexibility index (Phi) is 5.84. The highest BCUT2D eigenvalue weighted by Gasteiger charge is 2.31. The molecule has 28 heavy (non-hydrogen) atoms. The van der Waals surface area contributed by atoms with Gasteiger partial charge >= 0.3 is 11.9 Å². The number of ether oxygens (including phenoxy) is 2. The van der Waals surface area contributed by atoms with E-state index in [1.165, 1.54) is 32.0 Å². The molecule has 2 aromatic carbocycles. The van der Waals surface area contributed by atoms with Crippen molar-refractivity contribution in [1.82, 2.24) is 0 Å². The van der Waals surface area contributed by atoms with Crippen molar-refractivity contribution in [2.24, 2.45) is 0 Å². The first kappa shape index (κ1) is 20.1. The van der Waals surface area contributed by atoms with Gasteiger partial charge in [0.1, 0.15) is 11.5 Å². The topological polar surface area (TPSA) is 72.9 Å². The van der Waals surface area contributed by atoms with Crippen LogP contribution in [0, 0.1) is 0 Å². The molecule has 3 rings (SSSR count). The predicted octanol–water partition coefficient (Wildman–Crippen LogP) is 4.28. The molecule has 0 spiro atoms. The lowest BCUT2D eigenvalue weighted by molar-refractivity contribution is -0.132. The van der Waals surface area contributed by atoms with Gasteiger partial charge in [0.15, 0.2) is 0 Å². The van der Waals surface area contributed by atoms with Crippen molar-refractivity contribution >= 4 is 39.5 Å². The highest BCUT2D eigenvalue weighted by molar-refractivity contribution is 9.10. The molecule has 6 nitrogen and oxygen atoms in total. The number of anilines is 1. The zero-order valence-electron chi connectivity index (χ0n) is 15.8. The standard InChI is InChI=1S/C21H20BrNO5/c1-12-4-5-15-10-16(22)6-9-19(15)23(12)21(26)18-8-7-17(27-13(2)24)11-20(18)28-14(3)25/h6-12H,4-5H2,1-3H3. The van der Waals surface area contributed by atoms with Crippen LogP contribution < -0.4 is 14.4 Å². The van der Waals surface area contributed by atoms with E-state index in [2.05, 4.69) is 15.9 Å². The van der Waals surface area contributed by atoms with Crippen LogP contribution in [0.15, 0.2) is 40.9 Å². The number of carbonyl (C=O) groups excluding carboxylic acids is 3. The quantitative estimate of drug-likeness (QED) is 0.520. The smallest absolute Gasteiger partial charge is 0.308 e. The Hall–Kier alpha value is -2.67. The molecule has 0 saturated heterocycles. The first-order chi connectivity index (χ1) is 13.3. The van der Waals surface area contributed by atoms with Crippen molar-refractivity contribution in [2.75, 3.05) is 4.90 Å². The van der Waals surface area contributed by atoms with Crippen LogP contribution in [0.2, 0.25) is 0 Å². The van der Waals surface area contributed by atoms with E-state index in [-0.39, 0.29) is 29.0 Å². The van der Waals surface area contributed by atoms with Gasteiger partial charge in [0.05, 0.1) is 5.56 Å². The third kappa shape index (κ3) is 4.25. The lowest BCUT2D eigenvalue weighted by Crippen LogP contribution is -2.42. The average Bonchev–Trinajstić information content (AvgIpc) is 2.60. The lowest BCUT2D eigenvalue weighted by atomic mass is 9.95. The van der Waals surface area contributed by atoms with Gasteiger partial charge in [-0.3, -0.25) is 14.4 Å². The Labute approximate surface area is 171 Å². The number of nitrogens with zero attached hydrogens (tertiary/aromatic N) is 1. The molecule has 0 aromatic heterocycles. The molecule has 1 heterocycles. The van der Waals surface area contributed by atoms with E-state index < -0.39 is 11.9 Å². The summed E-state index contributed by atoms with van der Waals surface area (Å²) >= 11 is 3.47. The van der Waals surface area contributed by atoms with Crippen LogP contribution in [-0.4, -0.2) is 23.9 Å². The minimum atomic E-state index is -0.565. The summed E-state index contributed by atoms with van der Waals surface area (Å²) in [5.74, 6) is -1.08. The third-order valence-electron chi connectivity index (χ3n) is 4.49. The second-order valence-corrected chi connectivity index (χ2v) is 7.60. The fraction of sp³-hybridized carbons (Fsp3) is 0.286. The maximum Gasteiger partial charge on any atom is 0.308 e. The van der Waals surface area contributed by atoms with Gasteiger partial charge in [-0.05, 0) is 55.7 Å². The van der Waals surface area contributed by atoms with Crippen LogP contribution in [0.5, 0.6) is 11.5 Å². The van der Waals surface area contributed by atoms with Gasteiger partial charge in [-0.2, -0.15) is 0 Å². The summed E-state index contributed by atoms with van der Waals surface area (Å²) in [6, 6.07) is 10.2. The average molecular weight is 446 g/mol. The number of fused-ring (bicyclic) bond motifs is 1. The van der Waals surface area contributed by atoms with Crippen molar-refractivity contribution in [3.63, 3.8) is 0 Å². The van der Waals surface area contributed by atoms with Gasteiger partial charge < -0.3 is 14.4 Å². The predicted molar refractivity (Wildman–Crippen MR) is 108 cm³/mol. The molecule has 0 saturated carbocycles. The van der Waals surface area contributed by atoms with Crippen molar-refractivity contribution in [2.45, 2.75) is 39.7 Å². The van der Waals surface area contributed by atoms with Crippen molar-refractivity contribution in [3.8, 4) is 11.5 Å². The maximum absolute atomic E-state index is 13.4. The van der Waals surface area contributed by atoms with Gasteiger partial charge in [0, 0.05) is 36.1 Å². The van der Waals surface area contributed by atoms with Gasteiger partial charge in [0.25, 0.3) is 5.91 Å². The first-order valence-electron chi connectivity index (χ1n) is 8.89. The van der Waals surface area contributed by atoms with Gasteiger partial charge in [-0.15, -0.1) is 0 Å². The summed E-state index contributed by atoms with van der Waals surface area (Å²) < 4.78 is 11.2. The Morgan fingerprint density at radius 2 is 1.75 bits per heavy atom. The second kappa shape index (κ2) is 8.14. The molecule has 0 bridgehead atoms. The Balaban J connectivity index is 2.04. The number of rotatable bonds is 3. The Morgan fingerprint density at radius 3 is 2.43 bits per heavy atom. The maximum atomic E-state index is 13.4. The molecular formula is C21H20BrNO5. The van der Waals surface area contributed by atoms with Gasteiger partial charge in [-0.1, -0.05) is 15.9 Å². The SMILES string of the molecule is CC(=O)Oc1ccc(C(=O)N2c3ccc(Br)cc3CCC2C)c(OC(C)=O)c1. The van der Waals surface area contributed by atoms with Crippen LogP contribution >= 0.6 is 15.9 Å². The number of esters is 2. The monoisotopic (exact) mass is 445 g/mol. The molecular weight excluding hydrogens is 426 g/mol. The van der Waals surface area contributed by atoms with Gasteiger partial charge in [0.2, 0.25) is 0 Å². The summed E-state index contributed by atoms with van der Waals surface area (Å²) in [6.07, 6.45) is 1.70. The molecule has 1 atom stereocenters. The molecule has 7 heteroatoms. The number of benzene rings is 2. The second-order valence-electron chi connectivity index (χ2n) is 6.68. The van der Waals surface area contributed by atoms with E-state index >= 15 is 0 Å². The number of halogens is 1. The van der Waals surface area contributed by atoms with E-state index in [4.69, 9.17) is 9.47 Å². The van der Waals surface area contributed by atoms with Crippen molar-refractivity contribution in [1.29, 1.82) is 0 Å². The number of carbonyl (C=O) groups is 3. The lowest BCUT2D eigenvalue weighted by Gasteiger charge is -2.35. The molecule has 146 valence electrons. The number of aryl methyl sites for hydroxylation is 1. The van der Waals surface area contributed by atoms with E-state index in [1.54, 1.807) is 4.90 Å². The fourth-order valence-electron chi connectivity index (χ4n) is 3.31. The summed E-state index contributed by atoms with van der Waals surface area (Å²) in [5, 5.41) is 0. The summed E-state index contributed by atoms with van der Waals surface area (Å²) in [7, 11) is 0. The van der Waals surface area contributed by atoms with Crippen LogP contribution in [0.25, 0.3) is 0 Å². The molecule has 1 aliphatic heterocycles. The molecule has 0 fully saturated rings. The van der Waals surface area contributed by atoms with Crippen LogP contribution in [0.3, 0.4) is 0 Å². The van der Waals surface area contributed by atoms with Crippen molar-refractivity contribution in [3.05, 3.63) is 52.0 Å². The molecule has 1 unspecified atom stereocenters. The van der Waals surface area contributed by atoms with Crippen LogP contribution in [-0.2, 0) is 16.0 Å². The normalized spacial score (nSPS) is 15.6. The van der Waals surface area contributed by atoms with Crippen LogP contribution in [0.4, 0.5) is 5.69 Å². The molecule has 1 amide bonds. The van der Waals surface area contributed by atoms with Gasteiger partial charge in [-0.25, -0.2) is 0 Å². The number of hydrogen-bond acceptors (Lipinski definition) is 5. The summed E-state index contributed by atoms with van der Waals surface area (Å²) in [6.45, 7) is 4.51. The number of amides is 1. The first-order valence-corrected chi connectivity index (χ1v) is 9.68. The summed E-state index contributed by atoms with van der Waals surface area (Å²) in [4.78, 5) is 37.9.